The van der Waals surface area contributed by atoms with Crippen LogP contribution in [-0.4, -0.2) is 23.1 Å². The van der Waals surface area contributed by atoms with Crippen molar-refractivity contribution in [3.8, 4) is 0 Å². The van der Waals surface area contributed by atoms with E-state index >= 15 is 0 Å². The van der Waals surface area contributed by atoms with Gasteiger partial charge in [-0.25, -0.2) is 0 Å². The van der Waals surface area contributed by atoms with Gasteiger partial charge in [-0.2, -0.15) is 26.3 Å². The van der Waals surface area contributed by atoms with E-state index in [1.165, 1.54) is 0 Å². The third kappa shape index (κ3) is 3.74. The summed E-state index contributed by atoms with van der Waals surface area (Å²) in [5.41, 5.74) is -4.62. The molecule has 0 saturated heterocycles. The molecule has 0 aromatic heterocycles. The lowest BCUT2D eigenvalue weighted by atomic mass is 9.58. The zero-order chi connectivity index (χ0) is 21.0. The van der Waals surface area contributed by atoms with Crippen LogP contribution in [0.2, 0.25) is 0 Å². The Bertz CT molecular complexity index is 510. The average Bonchev–Trinajstić information content (AvgIpc) is 3.09. The van der Waals surface area contributed by atoms with Crippen LogP contribution >= 0.6 is 0 Å². The number of aliphatic hydroxyl groups is 1. The first kappa shape index (κ1) is 22.8. The standard InChI is InChI=1S/C20H32F6O/c1-6-11(3)15-14-9-12(16(15)17(4,5)7-2)8-13(14)10-18(27,19(21,22)23)20(24,25)26/h11-16,27H,6-10H2,1-5H3. The van der Waals surface area contributed by atoms with Gasteiger partial charge in [-0.15, -0.1) is 0 Å². The highest BCUT2D eigenvalue weighted by Crippen LogP contribution is 2.65. The number of halogens is 6. The van der Waals surface area contributed by atoms with Crippen molar-refractivity contribution in [1.29, 1.82) is 0 Å². The molecule has 6 atom stereocenters. The zero-order valence-corrected chi connectivity index (χ0v) is 16.7. The number of alkyl halides is 6. The Morgan fingerprint density at radius 2 is 1.48 bits per heavy atom. The molecule has 27 heavy (non-hydrogen) atoms. The molecule has 0 spiro atoms. The topological polar surface area (TPSA) is 20.2 Å². The SMILES string of the molecule is CCC(C)C1C2CC(CC2CC(O)(C(F)(F)F)C(F)(F)F)C1C(C)(C)CC. The van der Waals surface area contributed by atoms with Gasteiger partial charge in [0.05, 0.1) is 0 Å². The largest absolute Gasteiger partial charge is 0.426 e. The van der Waals surface area contributed by atoms with Gasteiger partial charge in [-0.05, 0) is 60.2 Å². The van der Waals surface area contributed by atoms with E-state index in [0.717, 1.165) is 12.8 Å². The summed E-state index contributed by atoms with van der Waals surface area (Å²) in [7, 11) is 0. The van der Waals surface area contributed by atoms with Crippen LogP contribution in [0.15, 0.2) is 0 Å². The summed E-state index contributed by atoms with van der Waals surface area (Å²) in [6, 6.07) is 0. The van der Waals surface area contributed by atoms with Crippen LogP contribution in [0, 0.1) is 40.9 Å². The van der Waals surface area contributed by atoms with Crippen LogP contribution in [0.3, 0.4) is 0 Å². The van der Waals surface area contributed by atoms with Crippen molar-refractivity contribution in [1.82, 2.24) is 0 Å². The highest BCUT2D eigenvalue weighted by Gasteiger charge is 2.72. The van der Waals surface area contributed by atoms with E-state index in [0.29, 0.717) is 18.8 Å². The molecule has 2 saturated carbocycles. The van der Waals surface area contributed by atoms with Crippen molar-refractivity contribution in [3.05, 3.63) is 0 Å². The molecule has 2 fully saturated rings. The fourth-order valence-corrected chi connectivity index (χ4v) is 6.00. The van der Waals surface area contributed by atoms with Gasteiger partial charge in [0, 0.05) is 0 Å². The maximum atomic E-state index is 13.2. The van der Waals surface area contributed by atoms with Gasteiger partial charge in [-0.1, -0.05) is 47.5 Å². The molecule has 1 N–H and O–H groups in total. The Hall–Kier alpha value is -0.460. The van der Waals surface area contributed by atoms with E-state index in [1.54, 1.807) is 0 Å². The van der Waals surface area contributed by atoms with Crippen LogP contribution < -0.4 is 0 Å². The molecule has 1 nitrogen and oxygen atoms in total. The molecule has 2 aliphatic carbocycles. The maximum Gasteiger partial charge on any atom is 0.426 e. The van der Waals surface area contributed by atoms with Gasteiger partial charge in [0.25, 0.3) is 5.60 Å². The van der Waals surface area contributed by atoms with E-state index in [2.05, 4.69) is 27.7 Å². The number of fused-ring (bicyclic) bond motifs is 2. The molecule has 0 heterocycles. The Morgan fingerprint density at radius 3 is 1.89 bits per heavy atom. The van der Waals surface area contributed by atoms with Crippen molar-refractivity contribution in [2.24, 2.45) is 40.9 Å². The van der Waals surface area contributed by atoms with Gasteiger partial charge in [0.2, 0.25) is 0 Å². The van der Waals surface area contributed by atoms with Gasteiger partial charge in [-0.3, -0.25) is 0 Å². The molecule has 2 rings (SSSR count). The van der Waals surface area contributed by atoms with E-state index in [9.17, 15) is 31.4 Å². The van der Waals surface area contributed by atoms with Gasteiger partial charge in [0.15, 0.2) is 0 Å². The summed E-state index contributed by atoms with van der Waals surface area (Å²) in [4.78, 5) is 0. The smallest absolute Gasteiger partial charge is 0.374 e. The minimum atomic E-state index is -5.72. The summed E-state index contributed by atoms with van der Waals surface area (Å²) < 4.78 is 79.0. The van der Waals surface area contributed by atoms with E-state index < -0.39 is 30.3 Å². The molecule has 2 bridgehead atoms. The minimum absolute atomic E-state index is 0.00282. The summed E-state index contributed by atoms with van der Waals surface area (Å²) in [5, 5.41) is 9.68. The molecular formula is C20H32F6O. The molecule has 7 heteroatoms. The van der Waals surface area contributed by atoms with Crippen molar-refractivity contribution in [2.75, 3.05) is 0 Å². The molecule has 0 radical (unpaired) electrons. The van der Waals surface area contributed by atoms with Crippen LogP contribution in [-0.2, 0) is 0 Å². The Morgan fingerprint density at radius 1 is 0.963 bits per heavy atom. The van der Waals surface area contributed by atoms with Crippen molar-refractivity contribution < 1.29 is 31.4 Å². The quantitative estimate of drug-likeness (QED) is 0.496. The predicted octanol–water partition coefficient (Wildman–Crippen LogP) is 6.60. The highest BCUT2D eigenvalue weighted by atomic mass is 19.4. The number of hydrogen-bond donors (Lipinski definition) is 1. The van der Waals surface area contributed by atoms with Crippen molar-refractivity contribution in [2.45, 2.75) is 84.7 Å². The van der Waals surface area contributed by atoms with Gasteiger partial charge in [0.1, 0.15) is 0 Å². The summed E-state index contributed by atoms with van der Waals surface area (Å²) in [6.45, 7) is 10.5. The van der Waals surface area contributed by atoms with Crippen molar-refractivity contribution >= 4 is 0 Å². The first-order chi connectivity index (χ1) is 12.1. The number of rotatable bonds is 6. The fraction of sp³-hybridized carbons (Fsp3) is 1.00. The second kappa shape index (κ2) is 7.10. The van der Waals surface area contributed by atoms with Crippen LogP contribution in [0.1, 0.15) is 66.7 Å². The lowest BCUT2D eigenvalue weighted by Crippen LogP contribution is -2.58. The highest BCUT2D eigenvalue weighted by molar-refractivity contribution is 5.08. The molecule has 0 amide bonds. The average molecular weight is 402 g/mol. The second-order valence-electron chi connectivity index (χ2n) is 9.55. The van der Waals surface area contributed by atoms with Crippen molar-refractivity contribution in [3.63, 3.8) is 0 Å². The van der Waals surface area contributed by atoms with E-state index in [1.807, 2.05) is 6.92 Å². The minimum Gasteiger partial charge on any atom is -0.374 e. The normalized spacial score (nSPS) is 33.6. The molecule has 6 unspecified atom stereocenters. The fourth-order valence-electron chi connectivity index (χ4n) is 6.00. The lowest BCUT2D eigenvalue weighted by molar-refractivity contribution is -0.373. The van der Waals surface area contributed by atoms with E-state index in [4.69, 9.17) is 0 Å². The Labute approximate surface area is 157 Å². The summed E-state index contributed by atoms with van der Waals surface area (Å²) in [5.74, 6) is -0.130. The third-order valence-corrected chi connectivity index (χ3v) is 7.81. The lowest BCUT2D eigenvalue weighted by Gasteiger charge is -2.48. The summed E-state index contributed by atoms with van der Waals surface area (Å²) >= 11 is 0. The predicted molar refractivity (Wildman–Crippen MR) is 91.9 cm³/mol. The summed E-state index contributed by atoms with van der Waals surface area (Å²) in [6.07, 6.45) is -9.91. The monoisotopic (exact) mass is 402 g/mol. The van der Waals surface area contributed by atoms with Crippen LogP contribution in [0.4, 0.5) is 26.3 Å². The Kier molecular flexibility index (Phi) is 6.00. The van der Waals surface area contributed by atoms with Gasteiger partial charge >= 0.3 is 12.4 Å². The molecular weight excluding hydrogens is 370 g/mol. The maximum absolute atomic E-state index is 13.2. The molecule has 160 valence electrons. The third-order valence-electron chi connectivity index (χ3n) is 7.81. The second-order valence-corrected chi connectivity index (χ2v) is 9.55. The molecule has 0 aromatic carbocycles. The van der Waals surface area contributed by atoms with Crippen LogP contribution in [0.5, 0.6) is 0 Å². The molecule has 0 aromatic rings. The number of hydrogen-bond acceptors (Lipinski definition) is 1. The Balaban J connectivity index is 2.34. The van der Waals surface area contributed by atoms with Crippen LogP contribution in [0.25, 0.3) is 0 Å². The molecule has 0 aliphatic heterocycles. The molecule has 2 aliphatic rings. The van der Waals surface area contributed by atoms with E-state index in [-0.39, 0.29) is 29.1 Å². The zero-order valence-electron chi connectivity index (χ0n) is 16.7. The van der Waals surface area contributed by atoms with Gasteiger partial charge < -0.3 is 5.11 Å². The first-order valence-corrected chi connectivity index (χ1v) is 9.96. The first-order valence-electron chi connectivity index (χ1n) is 9.96.